The maximum Gasteiger partial charge on any atom is 0.324 e. The number of carboxylic acid groups (broad SMARTS) is 1. The van der Waals surface area contributed by atoms with Crippen molar-refractivity contribution < 1.29 is 14.7 Å². The van der Waals surface area contributed by atoms with E-state index in [1.807, 2.05) is 6.92 Å². The van der Waals surface area contributed by atoms with Crippen LogP contribution in [0.4, 0.5) is 10.5 Å². The Balaban J connectivity index is 2.07. The molecule has 2 amide bonds. The summed E-state index contributed by atoms with van der Waals surface area (Å²) in [4.78, 5) is 30.4. The van der Waals surface area contributed by atoms with E-state index in [9.17, 15) is 9.59 Å². The summed E-state index contributed by atoms with van der Waals surface area (Å²) >= 11 is 0. The summed E-state index contributed by atoms with van der Waals surface area (Å²) < 4.78 is 0. The van der Waals surface area contributed by atoms with E-state index < -0.39 is 11.9 Å². The highest BCUT2D eigenvalue weighted by molar-refractivity contribution is 5.91. The Bertz CT molecular complexity index is 477. The van der Waals surface area contributed by atoms with Crippen molar-refractivity contribution in [2.45, 2.75) is 6.92 Å². The van der Waals surface area contributed by atoms with Crippen LogP contribution in [-0.2, 0) is 4.79 Å². The Kier molecular flexibility index (Phi) is 3.69. The summed E-state index contributed by atoms with van der Waals surface area (Å²) in [6.07, 6.45) is 3.24. The van der Waals surface area contributed by atoms with Crippen molar-refractivity contribution in [1.82, 2.24) is 9.88 Å². The molecule has 0 bridgehead atoms. The van der Waals surface area contributed by atoms with Gasteiger partial charge in [0, 0.05) is 26.3 Å². The second-order valence-corrected chi connectivity index (χ2v) is 4.88. The molecular weight excluding hydrogens is 246 g/mol. The van der Waals surface area contributed by atoms with E-state index in [0.717, 1.165) is 0 Å². The molecule has 1 aromatic heterocycles. The monoisotopic (exact) mass is 263 g/mol. The van der Waals surface area contributed by atoms with E-state index in [-0.39, 0.29) is 18.5 Å². The zero-order chi connectivity index (χ0) is 14.0. The van der Waals surface area contributed by atoms with Crippen LogP contribution in [0.5, 0.6) is 0 Å². The van der Waals surface area contributed by atoms with Gasteiger partial charge in [-0.2, -0.15) is 0 Å². The number of urea groups is 1. The molecule has 1 aliphatic heterocycles. The molecule has 2 heterocycles. The van der Waals surface area contributed by atoms with Crippen LogP contribution in [0.1, 0.15) is 6.92 Å². The first kappa shape index (κ1) is 13.3. The quantitative estimate of drug-likeness (QED) is 0.872. The Morgan fingerprint density at radius 3 is 2.74 bits per heavy atom. The minimum absolute atomic E-state index is 0.0243. The number of hydrogen-bond acceptors (Lipinski definition) is 3. The molecule has 19 heavy (non-hydrogen) atoms. The molecule has 1 aromatic rings. The van der Waals surface area contributed by atoms with E-state index >= 15 is 0 Å². The summed E-state index contributed by atoms with van der Waals surface area (Å²) in [5, 5.41) is 9.08. The van der Waals surface area contributed by atoms with Crippen molar-refractivity contribution in [2.24, 2.45) is 11.8 Å². The fourth-order valence-electron chi connectivity index (χ4n) is 2.32. The number of carbonyl (C=O) groups is 2. The molecule has 0 aromatic carbocycles. The highest BCUT2D eigenvalue weighted by atomic mass is 16.4. The summed E-state index contributed by atoms with van der Waals surface area (Å²) in [6, 6.07) is 3.36. The highest BCUT2D eigenvalue weighted by Crippen LogP contribution is 2.25. The van der Waals surface area contributed by atoms with Crippen molar-refractivity contribution in [2.75, 3.05) is 25.0 Å². The van der Waals surface area contributed by atoms with Crippen LogP contribution in [-0.4, -0.2) is 47.1 Å². The third-order valence-corrected chi connectivity index (χ3v) is 3.52. The number of anilines is 1. The number of aliphatic carboxylic acids is 1. The van der Waals surface area contributed by atoms with Gasteiger partial charge in [0.05, 0.1) is 17.8 Å². The zero-order valence-electron chi connectivity index (χ0n) is 11.0. The van der Waals surface area contributed by atoms with E-state index in [0.29, 0.717) is 12.2 Å². The molecule has 0 saturated carbocycles. The van der Waals surface area contributed by atoms with Gasteiger partial charge in [0.2, 0.25) is 0 Å². The minimum atomic E-state index is -0.841. The van der Waals surface area contributed by atoms with Crippen molar-refractivity contribution in [3.05, 3.63) is 24.5 Å². The van der Waals surface area contributed by atoms with Crippen molar-refractivity contribution in [3.63, 3.8) is 0 Å². The number of likely N-dealkylation sites (tertiary alicyclic amines) is 1. The number of carboxylic acids is 1. The first-order valence-electron chi connectivity index (χ1n) is 6.16. The molecule has 6 nitrogen and oxygen atoms in total. The zero-order valence-corrected chi connectivity index (χ0v) is 11.0. The first-order valence-corrected chi connectivity index (χ1v) is 6.16. The lowest BCUT2D eigenvalue weighted by Gasteiger charge is -2.24. The minimum Gasteiger partial charge on any atom is -0.481 e. The second-order valence-electron chi connectivity index (χ2n) is 4.88. The van der Waals surface area contributed by atoms with E-state index in [2.05, 4.69) is 4.98 Å². The van der Waals surface area contributed by atoms with Gasteiger partial charge in [-0.15, -0.1) is 0 Å². The van der Waals surface area contributed by atoms with Gasteiger partial charge in [-0.25, -0.2) is 4.79 Å². The number of aromatic nitrogens is 1. The van der Waals surface area contributed by atoms with Crippen LogP contribution in [0.2, 0.25) is 0 Å². The first-order chi connectivity index (χ1) is 9.00. The molecule has 0 spiro atoms. The van der Waals surface area contributed by atoms with Crippen LogP contribution >= 0.6 is 0 Å². The number of hydrogen-bond donors (Lipinski definition) is 1. The van der Waals surface area contributed by atoms with Crippen molar-refractivity contribution in [1.29, 1.82) is 0 Å². The molecule has 102 valence electrons. The molecule has 0 aliphatic carbocycles. The average molecular weight is 263 g/mol. The topological polar surface area (TPSA) is 73.7 Å². The summed E-state index contributed by atoms with van der Waals surface area (Å²) in [5.74, 6) is -1.35. The lowest BCUT2D eigenvalue weighted by atomic mass is 9.99. The molecule has 1 fully saturated rings. The van der Waals surface area contributed by atoms with Gasteiger partial charge < -0.3 is 10.0 Å². The van der Waals surface area contributed by atoms with Crippen LogP contribution in [0, 0.1) is 11.8 Å². The molecule has 2 rings (SSSR count). The fourth-order valence-corrected chi connectivity index (χ4v) is 2.32. The number of nitrogens with zero attached hydrogens (tertiary/aromatic N) is 3. The summed E-state index contributed by atoms with van der Waals surface area (Å²) in [6.45, 7) is 2.59. The third-order valence-electron chi connectivity index (χ3n) is 3.52. The van der Waals surface area contributed by atoms with E-state index in [1.54, 1.807) is 36.5 Å². The average Bonchev–Trinajstić information content (AvgIpc) is 2.80. The predicted octanol–water partition coefficient (Wildman–Crippen LogP) is 1.29. The molecule has 2 unspecified atom stereocenters. The Morgan fingerprint density at radius 2 is 2.21 bits per heavy atom. The van der Waals surface area contributed by atoms with E-state index in [1.165, 1.54) is 4.90 Å². The van der Waals surface area contributed by atoms with Gasteiger partial charge in [-0.3, -0.25) is 14.7 Å². The SMILES string of the molecule is CC1CN(C(=O)N(C)c2cccnc2)CC1C(=O)O. The van der Waals surface area contributed by atoms with Gasteiger partial charge in [0.15, 0.2) is 0 Å². The molecular formula is C13H17N3O3. The molecule has 6 heteroatoms. The molecule has 1 aliphatic rings. The van der Waals surface area contributed by atoms with Crippen molar-refractivity contribution in [3.8, 4) is 0 Å². The molecule has 1 saturated heterocycles. The van der Waals surface area contributed by atoms with Crippen LogP contribution < -0.4 is 4.90 Å². The van der Waals surface area contributed by atoms with Crippen LogP contribution in [0.3, 0.4) is 0 Å². The summed E-state index contributed by atoms with van der Waals surface area (Å²) in [5.41, 5.74) is 0.693. The van der Waals surface area contributed by atoms with Crippen molar-refractivity contribution >= 4 is 17.7 Å². The van der Waals surface area contributed by atoms with Gasteiger partial charge in [0.25, 0.3) is 0 Å². The second kappa shape index (κ2) is 5.26. The fraction of sp³-hybridized carbons (Fsp3) is 0.462. The lowest BCUT2D eigenvalue weighted by molar-refractivity contribution is -0.142. The third kappa shape index (κ3) is 2.67. The number of amides is 2. The van der Waals surface area contributed by atoms with Gasteiger partial charge in [-0.05, 0) is 18.1 Å². The molecule has 1 N–H and O–H groups in total. The number of pyridine rings is 1. The van der Waals surface area contributed by atoms with Crippen LogP contribution in [0.15, 0.2) is 24.5 Å². The largest absolute Gasteiger partial charge is 0.481 e. The van der Waals surface area contributed by atoms with E-state index in [4.69, 9.17) is 5.11 Å². The standard InChI is InChI=1S/C13H17N3O3/c1-9-7-16(8-11(9)12(17)18)13(19)15(2)10-4-3-5-14-6-10/h3-6,9,11H,7-8H2,1-2H3,(H,17,18). The smallest absolute Gasteiger partial charge is 0.324 e. The molecule has 0 radical (unpaired) electrons. The normalized spacial score (nSPS) is 22.3. The summed E-state index contributed by atoms with van der Waals surface area (Å²) in [7, 11) is 1.66. The predicted molar refractivity (Wildman–Crippen MR) is 69.9 cm³/mol. The van der Waals surface area contributed by atoms with Gasteiger partial charge >= 0.3 is 12.0 Å². The Hall–Kier alpha value is -2.11. The number of carbonyl (C=O) groups excluding carboxylic acids is 1. The van der Waals surface area contributed by atoms with Gasteiger partial charge in [0.1, 0.15) is 0 Å². The Morgan fingerprint density at radius 1 is 1.47 bits per heavy atom. The Labute approximate surface area is 111 Å². The van der Waals surface area contributed by atoms with Crippen LogP contribution in [0.25, 0.3) is 0 Å². The van der Waals surface area contributed by atoms with Gasteiger partial charge in [-0.1, -0.05) is 6.92 Å². The lowest BCUT2D eigenvalue weighted by Crippen LogP contribution is -2.40. The maximum atomic E-state index is 12.3. The number of rotatable bonds is 2. The highest BCUT2D eigenvalue weighted by Gasteiger charge is 2.38. The maximum absolute atomic E-state index is 12.3. The molecule has 2 atom stereocenters.